The largest absolute Gasteiger partial charge is 0.355 e. The van der Waals surface area contributed by atoms with Crippen LogP contribution in [0.4, 0.5) is 0 Å². The van der Waals surface area contributed by atoms with E-state index in [1.807, 2.05) is 26.0 Å². The molecule has 20 heavy (non-hydrogen) atoms. The molecule has 0 saturated heterocycles. The van der Waals surface area contributed by atoms with Gasteiger partial charge in [-0.1, -0.05) is 0 Å². The van der Waals surface area contributed by atoms with Gasteiger partial charge in [-0.2, -0.15) is 0 Å². The number of aliphatic imine (C=N–C) groups is 1. The second kappa shape index (κ2) is 7.09. The lowest BCUT2D eigenvalue weighted by Gasteiger charge is -2.11. The molecule has 0 bridgehead atoms. The first-order chi connectivity index (χ1) is 9.69. The van der Waals surface area contributed by atoms with Gasteiger partial charge in [-0.3, -0.25) is 4.99 Å². The van der Waals surface area contributed by atoms with Crippen LogP contribution in [0.25, 0.3) is 0 Å². The van der Waals surface area contributed by atoms with Crippen LogP contribution in [-0.4, -0.2) is 29.1 Å². The van der Waals surface area contributed by atoms with Crippen molar-refractivity contribution in [1.82, 2.24) is 20.2 Å². The predicted octanol–water partition coefficient (Wildman–Crippen LogP) is 1.93. The van der Waals surface area contributed by atoms with Crippen molar-refractivity contribution >= 4 is 17.3 Å². The van der Waals surface area contributed by atoms with Crippen LogP contribution in [0.15, 0.2) is 29.5 Å². The highest BCUT2D eigenvalue weighted by Crippen LogP contribution is 2.16. The summed E-state index contributed by atoms with van der Waals surface area (Å²) in [5.74, 6) is 0.822. The Morgan fingerprint density at radius 1 is 1.30 bits per heavy atom. The topological polar surface area (TPSA) is 54.2 Å². The Hall–Kier alpha value is -1.82. The summed E-state index contributed by atoms with van der Waals surface area (Å²) in [5, 5.41) is 7.73. The van der Waals surface area contributed by atoms with Gasteiger partial charge >= 0.3 is 0 Å². The maximum atomic E-state index is 4.43. The number of guanidine groups is 1. The van der Waals surface area contributed by atoms with Crippen molar-refractivity contribution < 1.29 is 0 Å². The van der Waals surface area contributed by atoms with Gasteiger partial charge in [0.2, 0.25) is 0 Å². The molecule has 0 aliphatic rings. The highest BCUT2D eigenvalue weighted by Gasteiger charge is 2.05. The molecule has 2 heterocycles. The number of hydrogen-bond acceptors (Lipinski definition) is 3. The SMILES string of the molecule is CN=C(NCCn1cccc1)NCc1sc(C)nc1C. The second-order valence-corrected chi connectivity index (χ2v) is 5.80. The Kier molecular flexibility index (Phi) is 5.17. The Labute approximate surface area is 123 Å². The first-order valence-electron chi connectivity index (χ1n) is 6.67. The zero-order valence-electron chi connectivity index (χ0n) is 12.2. The van der Waals surface area contributed by atoms with Gasteiger partial charge in [-0.25, -0.2) is 4.98 Å². The zero-order chi connectivity index (χ0) is 14.4. The Balaban J connectivity index is 1.76. The summed E-state index contributed by atoms with van der Waals surface area (Å²) < 4.78 is 2.14. The van der Waals surface area contributed by atoms with Gasteiger partial charge in [0.25, 0.3) is 0 Å². The van der Waals surface area contributed by atoms with Crippen molar-refractivity contribution in [2.24, 2.45) is 4.99 Å². The third-order valence-corrected chi connectivity index (χ3v) is 4.04. The zero-order valence-corrected chi connectivity index (χ0v) is 13.0. The highest BCUT2D eigenvalue weighted by molar-refractivity contribution is 7.11. The smallest absolute Gasteiger partial charge is 0.191 e. The highest BCUT2D eigenvalue weighted by atomic mass is 32.1. The van der Waals surface area contributed by atoms with Crippen LogP contribution >= 0.6 is 11.3 Å². The molecule has 2 rings (SSSR count). The molecule has 0 radical (unpaired) electrons. The molecule has 0 spiro atoms. The van der Waals surface area contributed by atoms with Crippen molar-refractivity contribution in [1.29, 1.82) is 0 Å². The quantitative estimate of drug-likeness (QED) is 0.654. The van der Waals surface area contributed by atoms with E-state index in [1.165, 1.54) is 4.88 Å². The number of rotatable bonds is 5. The third kappa shape index (κ3) is 4.09. The van der Waals surface area contributed by atoms with E-state index in [1.54, 1.807) is 18.4 Å². The molecule has 2 aromatic heterocycles. The summed E-state index contributed by atoms with van der Waals surface area (Å²) in [7, 11) is 1.79. The summed E-state index contributed by atoms with van der Waals surface area (Å²) >= 11 is 1.73. The second-order valence-electron chi connectivity index (χ2n) is 4.51. The molecule has 2 aromatic rings. The molecule has 5 nitrogen and oxygen atoms in total. The minimum absolute atomic E-state index is 0.764. The summed E-state index contributed by atoms with van der Waals surface area (Å²) in [6.45, 7) is 6.61. The molecule has 0 aromatic carbocycles. The van der Waals surface area contributed by atoms with Crippen LogP contribution < -0.4 is 10.6 Å². The summed E-state index contributed by atoms with van der Waals surface area (Å²) in [5.41, 5.74) is 1.10. The van der Waals surface area contributed by atoms with Crippen LogP contribution in [0.5, 0.6) is 0 Å². The Bertz CT molecular complexity index is 556. The number of aryl methyl sites for hydroxylation is 2. The fourth-order valence-electron chi connectivity index (χ4n) is 1.94. The fraction of sp³-hybridized carbons (Fsp3) is 0.429. The molecule has 108 valence electrons. The molecular formula is C14H21N5S. The normalized spacial score (nSPS) is 11.7. The van der Waals surface area contributed by atoms with Crippen molar-refractivity contribution in [2.75, 3.05) is 13.6 Å². The lowest BCUT2D eigenvalue weighted by atomic mass is 10.4. The van der Waals surface area contributed by atoms with Crippen molar-refractivity contribution in [3.05, 3.63) is 40.1 Å². The summed E-state index contributed by atoms with van der Waals surface area (Å²) in [4.78, 5) is 9.91. The van der Waals surface area contributed by atoms with Crippen molar-refractivity contribution in [2.45, 2.75) is 26.9 Å². The molecule has 0 unspecified atom stereocenters. The lowest BCUT2D eigenvalue weighted by molar-refractivity contribution is 0.665. The van der Waals surface area contributed by atoms with Crippen LogP contribution in [0, 0.1) is 13.8 Å². The lowest BCUT2D eigenvalue weighted by Crippen LogP contribution is -2.38. The molecule has 0 fully saturated rings. The third-order valence-electron chi connectivity index (χ3n) is 2.97. The van der Waals surface area contributed by atoms with E-state index in [4.69, 9.17) is 0 Å². The Morgan fingerprint density at radius 2 is 2.05 bits per heavy atom. The molecule has 0 aliphatic carbocycles. The average molecular weight is 291 g/mol. The van der Waals surface area contributed by atoms with Crippen LogP contribution in [-0.2, 0) is 13.1 Å². The van der Waals surface area contributed by atoms with E-state index < -0.39 is 0 Å². The van der Waals surface area contributed by atoms with Gasteiger partial charge in [0, 0.05) is 37.4 Å². The molecule has 0 saturated carbocycles. The first kappa shape index (κ1) is 14.6. The fourth-order valence-corrected chi connectivity index (χ4v) is 2.82. The molecule has 0 amide bonds. The van der Waals surface area contributed by atoms with E-state index in [-0.39, 0.29) is 0 Å². The van der Waals surface area contributed by atoms with Crippen molar-refractivity contribution in [3.8, 4) is 0 Å². The predicted molar refractivity (Wildman–Crippen MR) is 84.2 cm³/mol. The standard InChI is InChI=1S/C14H21N5S/c1-11-13(20-12(2)18-11)10-17-14(15-3)16-6-9-19-7-4-5-8-19/h4-5,7-8H,6,9-10H2,1-3H3,(H2,15,16,17). The Morgan fingerprint density at radius 3 is 2.65 bits per heavy atom. The van der Waals surface area contributed by atoms with E-state index in [9.17, 15) is 0 Å². The molecule has 0 atom stereocenters. The molecule has 2 N–H and O–H groups in total. The minimum atomic E-state index is 0.764. The first-order valence-corrected chi connectivity index (χ1v) is 7.49. The molecule has 6 heteroatoms. The van der Waals surface area contributed by atoms with Gasteiger partial charge in [0.05, 0.1) is 17.2 Å². The van der Waals surface area contributed by atoms with Crippen LogP contribution in [0.2, 0.25) is 0 Å². The number of hydrogen-bond donors (Lipinski definition) is 2. The molecular weight excluding hydrogens is 270 g/mol. The maximum absolute atomic E-state index is 4.43. The number of thiazole rings is 1. The van der Waals surface area contributed by atoms with Gasteiger partial charge < -0.3 is 15.2 Å². The number of nitrogens with one attached hydrogen (secondary N) is 2. The van der Waals surface area contributed by atoms with Gasteiger partial charge in [-0.05, 0) is 26.0 Å². The summed E-state index contributed by atoms with van der Waals surface area (Å²) in [6.07, 6.45) is 4.11. The molecule has 0 aliphatic heterocycles. The van der Waals surface area contributed by atoms with Gasteiger partial charge in [0.1, 0.15) is 0 Å². The van der Waals surface area contributed by atoms with Crippen LogP contribution in [0.1, 0.15) is 15.6 Å². The van der Waals surface area contributed by atoms with E-state index in [2.05, 4.69) is 37.6 Å². The monoisotopic (exact) mass is 291 g/mol. The van der Waals surface area contributed by atoms with E-state index in [0.717, 1.165) is 36.3 Å². The number of aromatic nitrogens is 2. The van der Waals surface area contributed by atoms with Crippen molar-refractivity contribution in [3.63, 3.8) is 0 Å². The maximum Gasteiger partial charge on any atom is 0.191 e. The van der Waals surface area contributed by atoms with E-state index >= 15 is 0 Å². The van der Waals surface area contributed by atoms with Gasteiger partial charge in [-0.15, -0.1) is 11.3 Å². The van der Waals surface area contributed by atoms with E-state index in [0.29, 0.717) is 0 Å². The van der Waals surface area contributed by atoms with Crippen LogP contribution in [0.3, 0.4) is 0 Å². The van der Waals surface area contributed by atoms with Gasteiger partial charge in [0.15, 0.2) is 5.96 Å². The summed E-state index contributed by atoms with van der Waals surface area (Å²) in [6, 6.07) is 4.06. The average Bonchev–Trinajstić information content (AvgIpc) is 3.03. The number of nitrogens with zero attached hydrogens (tertiary/aromatic N) is 3. The minimum Gasteiger partial charge on any atom is -0.355 e.